The molecule has 1 heterocycles. The zero-order chi connectivity index (χ0) is 15.9. The first-order chi connectivity index (χ1) is 10.5. The highest BCUT2D eigenvalue weighted by Crippen LogP contribution is 2.29. The van der Waals surface area contributed by atoms with E-state index in [1.54, 1.807) is 13.0 Å². The zero-order valence-corrected chi connectivity index (χ0v) is 12.3. The molecule has 0 atom stereocenters. The Bertz CT molecular complexity index is 891. The van der Waals surface area contributed by atoms with Gasteiger partial charge in [-0.15, -0.1) is 0 Å². The highest BCUT2D eigenvalue weighted by atomic mass is 16.4. The van der Waals surface area contributed by atoms with Crippen molar-refractivity contribution in [3.05, 3.63) is 75.7 Å². The summed E-state index contributed by atoms with van der Waals surface area (Å²) in [5.41, 5.74) is 3.78. The molecule has 0 spiro atoms. The van der Waals surface area contributed by atoms with Crippen molar-refractivity contribution in [2.75, 3.05) is 0 Å². The van der Waals surface area contributed by atoms with Gasteiger partial charge in [0, 0.05) is 23.1 Å². The number of hydrogen-bond donors (Lipinski definition) is 1. The van der Waals surface area contributed by atoms with E-state index in [-0.39, 0.29) is 11.0 Å². The number of carbonyl (C=O) groups is 1. The molecule has 0 saturated heterocycles. The summed E-state index contributed by atoms with van der Waals surface area (Å²) in [4.78, 5) is 23.2. The van der Waals surface area contributed by atoms with Crippen LogP contribution >= 0.6 is 0 Å². The van der Waals surface area contributed by atoms with Crippen molar-refractivity contribution in [2.45, 2.75) is 13.8 Å². The first-order valence-corrected chi connectivity index (χ1v) is 6.94. The van der Waals surface area contributed by atoms with Crippen LogP contribution in [-0.2, 0) is 0 Å². The number of carboxylic acids is 1. The van der Waals surface area contributed by atoms with Crippen molar-refractivity contribution in [1.29, 1.82) is 0 Å². The van der Waals surface area contributed by atoms with Crippen LogP contribution in [0.3, 0.4) is 0 Å². The van der Waals surface area contributed by atoms with Gasteiger partial charge in [0.05, 0.1) is 5.56 Å². The monoisotopic (exact) mass is 293 g/mol. The number of aryl methyl sites for hydroxylation is 1. The maximum absolute atomic E-state index is 11.7. The molecule has 1 aromatic carbocycles. The molecular weight excluding hydrogens is 278 g/mol. The zero-order valence-electron chi connectivity index (χ0n) is 12.3. The van der Waals surface area contributed by atoms with Gasteiger partial charge in [0.15, 0.2) is 5.43 Å². The normalized spacial score (nSPS) is 10.8. The molecule has 0 aromatic heterocycles. The summed E-state index contributed by atoms with van der Waals surface area (Å²) in [6.07, 6.45) is 1.86. The summed E-state index contributed by atoms with van der Waals surface area (Å²) in [5.74, 6) is -1.03. The Labute approximate surface area is 127 Å². The molecule has 3 rings (SSSR count). The Morgan fingerprint density at radius 3 is 2.36 bits per heavy atom. The van der Waals surface area contributed by atoms with Crippen LogP contribution in [0.5, 0.6) is 0 Å². The highest BCUT2D eigenvalue weighted by molar-refractivity contribution is 5.97. The topological polar surface area (TPSA) is 59.3 Å². The van der Waals surface area contributed by atoms with Crippen molar-refractivity contribution in [1.82, 2.24) is 4.57 Å². The maximum atomic E-state index is 11.7. The third-order valence-corrected chi connectivity index (χ3v) is 3.81. The van der Waals surface area contributed by atoms with Crippen LogP contribution < -0.4 is 5.43 Å². The van der Waals surface area contributed by atoms with E-state index in [0.29, 0.717) is 11.3 Å². The molecule has 0 unspecified atom stereocenters. The van der Waals surface area contributed by atoms with Gasteiger partial charge >= 0.3 is 5.97 Å². The summed E-state index contributed by atoms with van der Waals surface area (Å²) >= 11 is 0. The predicted molar refractivity (Wildman–Crippen MR) is 85.1 cm³/mol. The van der Waals surface area contributed by atoms with E-state index in [9.17, 15) is 14.7 Å². The van der Waals surface area contributed by atoms with Gasteiger partial charge in [-0.05, 0) is 49.7 Å². The van der Waals surface area contributed by atoms with Crippen LogP contribution in [0.15, 0.2) is 53.5 Å². The number of aromatic nitrogens is 1. The molecule has 0 amide bonds. The van der Waals surface area contributed by atoms with Crippen molar-refractivity contribution < 1.29 is 9.90 Å². The Kier molecular flexibility index (Phi) is 3.29. The van der Waals surface area contributed by atoms with Crippen molar-refractivity contribution in [3.63, 3.8) is 0 Å². The first kappa shape index (κ1) is 14.1. The number of hydrogen-bond acceptors (Lipinski definition) is 2. The van der Waals surface area contributed by atoms with Gasteiger partial charge in [0.2, 0.25) is 0 Å². The highest BCUT2D eigenvalue weighted by Gasteiger charge is 2.20. The summed E-state index contributed by atoms with van der Waals surface area (Å²) in [6.45, 7) is 3.75. The average Bonchev–Trinajstić information content (AvgIpc) is 2.47. The average molecular weight is 293 g/mol. The Balaban J connectivity index is 2.37. The molecule has 110 valence electrons. The molecule has 1 aliphatic heterocycles. The van der Waals surface area contributed by atoms with E-state index in [1.165, 1.54) is 12.1 Å². The third kappa shape index (κ3) is 2.29. The molecule has 1 aliphatic carbocycles. The molecule has 1 N–H and O–H groups in total. The molecule has 0 bridgehead atoms. The van der Waals surface area contributed by atoms with E-state index in [0.717, 1.165) is 16.8 Å². The van der Waals surface area contributed by atoms with E-state index in [4.69, 9.17) is 0 Å². The van der Waals surface area contributed by atoms with E-state index >= 15 is 0 Å². The lowest BCUT2D eigenvalue weighted by Crippen LogP contribution is -2.13. The lowest BCUT2D eigenvalue weighted by molar-refractivity contribution is 0.0696. The van der Waals surface area contributed by atoms with Gasteiger partial charge in [0.25, 0.3) is 0 Å². The van der Waals surface area contributed by atoms with Crippen LogP contribution in [-0.4, -0.2) is 15.6 Å². The molecule has 0 saturated carbocycles. The van der Waals surface area contributed by atoms with Gasteiger partial charge in [-0.25, -0.2) is 4.79 Å². The van der Waals surface area contributed by atoms with Crippen molar-refractivity contribution in [3.8, 4) is 16.8 Å². The molecule has 1 aromatic rings. The Morgan fingerprint density at radius 2 is 1.73 bits per heavy atom. The molecular formula is C18H15NO3. The predicted octanol–water partition coefficient (Wildman–Crippen LogP) is 3.26. The van der Waals surface area contributed by atoms with Crippen LogP contribution in [0.4, 0.5) is 0 Å². The number of pyridine rings is 1. The van der Waals surface area contributed by atoms with Crippen molar-refractivity contribution >= 4 is 5.97 Å². The quantitative estimate of drug-likeness (QED) is 0.789. The number of nitrogens with zero attached hydrogens (tertiary/aromatic N) is 1. The smallest absolute Gasteiger partial charge is 0.338 e. The van der Waals surface area contributed by atoms with Gasteiger partial charge in [-0.1, -0.05) is 17.7 Å². The second-order valence-corrected chi connectivity index (χ2v) is 5.35. The molecule has 0 radical (unpaired) electrons. The number of aromatic carboxylic acids is 1. The minimum atomic E-state index is -1.03. The largest absolute Gasteiger partial charge is 0.478 e. The first-order valence-electron chi connectivity index (χ1n) is 6.94. The number of fused-ring (bicyclic) bond motifs is 1. The second-order valence-electron chi connectivity index (χ2n) is 5.35. The summed E-state index contributed by atoms with van der Waals surface area (Å²) in [6, 6.07) is 12.3. The minimum Gasteiger partial charge on any atom is -0.478 e. The standard InChI is InChI=1S/C18H15NO3/c1-11-3-6-14(7-4-11)19-10-13-5-8-15(20)9-16(13)17(12(19)2)18(21)22/h3-10H,1-2H3,(H,21,22). The SMILES string of the molecule is Cc1ccc(-n2cc3ccc(=O)cc-3c(C(=O)O)c2C)cc1. The van der Waals surface area contributed by atoms with Crippen LogP contribution in [0, 0.1) is 13.8 Å². The van der Waals surface area contributed by atoms with Crippen LogP contribution in [0.25, 0.3) is 16.8 Å². The van der Waals surface area contributed by atoms with Gasteiger partial charge < -0.3 is 9.67 Å². The third-order valence-electron chi connectivity index (χ3n) is 3.81. The number of carboxylic acid groups (broad SMARTS) is 1. The molecule has 4 nitrogen and oxygen atoms in total. The van der Waals surface area contributed by atoms with Crippen LogP contribution in [0.2, 0.25) is 0 Å². The minimum absolute atomic E-state index is 0.163. The Morgan fingerprint density at radius 1 is 1.05 bits per heavy atom. The van der Waals surface area contributed by atoms with Gasteiger partial charge in [-0.3, -0.25) is 4.79 Å². The number of rotatable bonds is 2. The Hall–Kier alpha value is -2.88. The fraction of sp³-hybridized carbons (Fsp3) is 0.111. The number of benzene rings is 2. The van der Waals surface area contributed by atoms with E-state index in [1.807, 2.05) is 42.0 Å². The summed E-state index contributed by atoms with van der Waals surface area (Å²) in [7, 11) is 0. The maximum Gasteiger partial charge on any atom is 0.338 e. The fourth-order valence-corrected chi connectivity index (χ4v) is 2.66. The van der Waals surface area contributed by atoms with Crippen molar-refractivity contribution in [2.24, 2.45) is 0 Å². The van der Waals surface area contributed by atoms with Gasteiger partial charge in [0.1, 0.15) is 0 Å². The van der Waals surface area contributed by atoms with Gasteiger partial charge in [-0.2, -0.15) is 0 Å². The second kappa shape index (κ2) is 5.15. The summed E-state index contributed by atoms with van der Waals surface area (Å²) in [5, 5.41) is 9.55. The molecule has 22 heavy (non-hydrogen) atoms. The lowest BCUT2D eigenvalue weighted by Gasteiger charge is -2.19. The van der Waals surface area contributed by atoms with E-state index in [2.05, 4.69) is 0 Å². The van der Waals surface area contributed by atoms with Crippen LogP contribution in [0.1, 0.15) is 21.6 Å². The molecule has 2 aliphatic rings. The molecule has 0 fully saturated rings. The van der Waals surface area contributed by atoms with E-state index < -0.39 is 5.97 Å². The lowest BCUT2D eigenvalue weighted by atomic mass is 9.97. The molecule has 4 heteroatoms. The fourth-order valence-electron chi connectivity index (χ4n) is 2.66. The summed E-state index contributed by atoms with van der Waals surface area (Å²) < 4.78 is 1.84.